The van der Waals surface area contributed by atoms with Crippen molar-refractivity contribution in [3.8, 4) is 0 Å². The van der Waals surface area contributed by atoms with Crippen LogP contribution in [0.5, 0.6) is 0 Å². The van der Waals surface area contributed by atoms with Crippen molar-refractivity contribution in [3.63, 3.8) is 0 Å². The lowest BCUT2D eigenvalue weighted by molar-refractivity contribution is -0.116. The predicted molar refractivity (Wildman–Crippen MR) is 98.7 cm³/mol. The van der Waals surface area contributed by atoms with Crippen LogP contribution < -0.4 is 10.6 Å². The van der Waals surface area contributed by atoms with E-state index in [1.165, 1.54) is 24.3 Å². The summed E-state index contributed by atoms with van der Waals surface area (Å²) in [6, 6.07) is 12.5. The van der Waals surface area contributed by atoms with Crippen LogP contribution in [-0.4, -0.2) is 11.8 Å². The second kappa shape index (κ2) is 7.39. The van der Waals surface area contributed by atoms with Gasteiger partial charge in [0.1, 0.15) is 17.1 Å². The Morgan fingerprint density at radius 2 is 1.73 bits per heavy atom. The zero-order valence-corrected chi connectivity index (χ0v) is 14.5. The maximum atomic E-state index is 13.0. The SMILES string of the molecule is CC(C)CC(=O)Nc1c(C(=O)Nc2ccc(F)cc2)oc2ccccc12. The van der Waals surface area contributed by atoms with Crippen molar-refractivity contribution in [2.45, 2.75) is 20.3 Å². The zero-order chi connectivity index (χ0) is 18.7. The van der Waals surface area contributed by atoms with Crippen LogP contribution in [-0.2, 0) is 4.79 Å². The average Bonchev–Trinajstić information content (AvgIpc) is 2.95. The lowest BCUT2D eigenvalue weighted by Gasteiger charge is -2.08. The second-order valence-corrected chi connectivity index (χ2v) is 6.41. The highest BCUT2D eigenvalue weighted by molar-refractivity contribution is 6.14. The lowest BCUT2D eigenvalue weighted by Crippen LogP contribution is -2.18. The molecule has 6 heteroatoms. The number of amides is 2. The van der Waals surface area contributed by atoms with Crippen LogP contribution in [0, 0.1) is 11.7 Å². The molecule has 3 rings (SSSR count). The first kappa shape index (κ1) is 17.7. The molecule has 0 saturated carbocycles. The molecule has 0 fully saturated rings. The smallest absolute Gasteiger partial charge is 0.293 e. The van der Waals surface area contributed by atoms with Gasteiger partial charge in [-0.15, -0.1) is 0 Å². The molecule has 0 unspecified atom stereocenters. The second-order valence-electron chi connectivity index (χ2n) is 6.41. The molecule has 2 amide bonds. The van der Waals surface area contributed by atoms with Crippen molar-refractivity contribution in [3.05, 3.63) is 60.1 Å². The van der Waals surface area contributed by atoms with E-state index in [1.54, 1.807) is 24.3 Å². The van der Waals surface area contributed by atoms with Gasteiger partial charge in [-0.05, 0) is 42.3 Å². The quantitative estimate of drug-likeness (QED) is 0.691. The number of hydrogen-bond acceptors (Lipinski definition) is 3. The van der Waals surface area contributed by atoms with E-state index in [1.807, 2.05) is 13.8 Å². The number of carbonyl (C=O) groups excluding carboxylic acids is 2. The van der Waals surface area contributed by atoms with Gasteiger partial charge in [-0.1, -0.05) is 26.0 Å². The van der Waals surface area contributed by atoms with E-state index in [0.29, 0.717) is 28.8 Å². The van der Waals surface area contributed by atoms with Crippen molar-refractivity contribution < 1.29 is 18.4 Å². The van der Waals surface area contributed by atoms with Gasteiger partial charge in [0.15, 0.2) is 0 Å². The normalized spacial score (nSPS) is 10.9. The van der Waals surface area contributed by atoms with Crippen molar-refractivity contribution >= 4 is 34.2 Å². The summed E-state index contributed by atoms with van der Waals surface area (Å²) in [5.41, 5.74) is 1.26. The molecule has 0 aliphatic heterocycles. The standard InChI is InChI=1S/C20H19FN2O3/c1-12(2)11-17(24)23-18-15-5-3-4-6-16(15)26-19(18)20(25)22-14-9-7-13(21)8-10-14/h3-10,12H,11H2,1-2H3,(H,22,25)(H,23,24). The van der Waals surface area contributed by atoms with Crippen LogP contribution in [0.3, 0.4) is 0 Å². The van der Waals surface area contributed by atoms with E-state index in [2.05, 4.69) is 10.6 Å². The Balaban J connectivity index is 1.93. The first-order valence-electron chi connectivity index (χ1n) is 8.32. The number of fused-ring (bicyclic) bond motifs is 1. The van der Waals surface area contributed by atoms with Gasteiger partial charge in [-0.3, -0.25) is 9.59 Å². The van der Waals surface area contributed by atoms with Gasteiger partial charge in [-0.25, -0.2) is 4.39 Å². The maximum absolute atomic E-state index is 13.0. The Labute approximate surface area is 150 Å². The Morgan fingerprint density at radius 3 is 2.42 bits per heavy atom. The van der Waals surface area contributed by atoms with Gasteiger partial charge in [0.05, 0.1) is 0 Å². The van der Waals surface area contributed by atoms with Crippen LogP contribution in [0.2, 0.25) is 0 Å². The Bertz CT molecular complexity index is 945. The molecule has 134 valence electrons. The van der Waals surface area contributed by atoms with Crippen LogP contribution in [0.1, 0.15) is 30.8 Å². The van der Waals surface area contributed by atoms with Crippen molar-refractivity contribution in [1.29, 1.82) is 0 Å². The number of para-hydroxylation sites is 1. The molecule has 0 atom stereocenters. The molecule has 1 heterocycles. The number of hydrogen-bond donors (Lipinski definition) is 2. The summed E-state index contributed by atoms with van der Waals surface area (Å²) in [5, 5.41) is 6.08. The number of nitrogens with one attached hydrogen (secondary N) is 2. The van der Waals surface area contributed by atoms with Gasteiger partial charge in [0.2, 0.25) is 11.7 Å². The predicted octanol–water partition coefficient (Wildman–Crippen LogP) is 4.81. The molecule has 0 saturated heterocycles. The van der Waals surface area contributed by atoms with Crippen molar-refractivity contribution in [2.75, 3.05) is 10.6 Å². The maximum Gasteiger partial charge on any atom is 0.293 e. The number of benzene rings is 2. The van der Waals surface area contributed by atoms with E-state index in [-0.39, 0.29) is 17.6 Å². The van der Waals surface area contributed by atoms with Crippen LogP contribution in [0.4, 0.5) is 15.8 Å². The zero-order valence-electron chi connectivity index (χ0n) is 14.5. The Kier molecular flexibility index (Phi) is 5.02. The average molecular weight is 354 g/mol. The first-order chi connectivity index (χ1) is 12.4. The van der Waals surface area contributed by atoms with Crippen LogP contribution in [0.15, 0.2) is 52.9 Å². The van der Waals surface area contributed by atoms with Crippen LogP contribution in [0.25, 0.3) is 11.0 Å². The van der Waals surface area contributed by atoms with Gasteiger partial charge in [-0.2, -0.15) is 0 Å². The minimum absolute atomic E-state index is 0.00707. The van der Waals surface area contributed by atoms with Gasteiger partial charge >= 0.3 is 0 Å². The monoisotopic (exact) mass is 354 g/mol. The van der Waals surface area contributed by atoms with E-state index in [0.717, 1.165) is 0 Å². The summed E-state index contributed by atoms with van der Waals surface area (Å²) in [5.74, 6) is -0.916. The number of carbonyl (C=O) groups is 2. The molecule has 3 aromatic rings. The molecule has 2 N–H and O–H groups in total. The van der Waals surface area contributed by atoms with Gasteiger partial charge < -0.3 is 15.1 Å². The molecular weight excluding hydrogens is 335 g/mol. The third kappa shape index (κ3) is 3.91. The molecule has 0 aliphatic carbocycles. The fourth-order valence-electron chi connectivity index (χ4n) is 2.61. The van der Waals surface area contributed by atoms with Crippen molar-refractivity contribution in [1.82, 2.24) is 0 Å². The molecule has 1 aromatic heterocycles. The van der Waals surface area contributed by atoms with E-state index < -0.39 is 11.7 Å². The minimum Gasteiger partial charge on any atom is -0.449 e. The summed E-state index contributed by atoms with van der Waals surface area (Å²) in [4.78, 5) is 24.9. The highest BCUT2D eigenvalue weighted by Gasteiger charge is 2.22. The van der Waals surface area contributed by atoms with Gasteiger partial charge in [0.25, 0.3) is 5.91 Å². The molecule has 26 heavy (non-hydrogen) atoms. The minimum atomic E-state index is -0.521. The molecule has 0 aliphatic rings. The number of anilines is 2. The number of rotatable bonds is 5. The fourth-order valence-corrected chi connectivity index (χ4v) is 2.61. The largest absolute Gasteiger partial charge is 0.449 e. The molecule has 0 bridgehead atoms. The third-order valence-electron chi connectivity index (χ3n) is 3.76. The first-order valence-corrected chi connectivity index (χ1v) is 8.32. The summed E-state index contributed by atoms with van der Waals surface area (Å²) >= 11 is 0. The van der Waals surface area contributed by atoms with Crippen LogP contribution >= 0.6 is 0 Å². The highest BCUT2D eigenvalue weighted by atomic mass is 19.1. The summed E-state index contributed by atoms with van der Waals surface area (Å²) in [6.45, 7) is 3.88. The number of furan rings is 1. The molecular formula is C20H19FN2O3. The van der Waals surface area contributed by atoms with Gasteiger partial charge in [0, 0.05) is 17.5 Å². The molecule has 0 radical (unpaired) electrons. The lowest BCUT2D eigenvalue weighted by atomic mass is 10.1. The Morgan fingerprint density at radius 1 is 1.04 bits per heavy atom. The Hall–Kier alpha value is -3.15. The third-order valence-corrected chi connectivity index (χ3v) is 3.76. The topological polar surface area (TPSA) is 71.3 Å². The summed E-state index contributed by atoms with van der Waals surface area (Å²) < 4.78 is 18.7. The van der Waals surface area contributed by atoms with Crippen molar-refractivity contribution in [2.24, 2.45) is 5.92 Å². The van der Waals surface area contributed by atoms with E-state index in [4.69, 9.17) is 4.42 Å². The highest BCUT2D eigenvalue weighted by Crippen LogP contribution is 2.31. The number of halogens is 1. The van der Waals surface area contributed by atoms with E-state index >= 15 is 0 Å². The summed E-state index contributed by atoms with van der Waals surface area (Å²) in [6.07, 6.45) is 0.332. The van der Waals surface area contributed by atoms with E-state index in [9.17, 15) is 14.0 Å². The molecule has 2 aromatic carbocycles. The fraction of sp³-hybridized carbons (Fsp3) is 0.200. The summed E-state index contributed by atoms with van der Waals surface area (Å²) in [7, 11) is 0. The molecule has 5 nitrogen and oxygen atoms in total. The molecule has 0 spiro atoms.